The van der Waals surface area contributed by atoms with E-state index in [1.807, 2.05) is 26.0 Å². The number of sulfonamides is 1. The summed E-state index contributed by atoms with van der Waals surface area (Å²) in [7, 11) is -3.29. The molecule has 0 aliphatic rings. The van der Waals surface area contributed by atoms with E-state index in [9.17, 15) is 8.42 Å². The van der Waals surface area contributed by atoms with Crippen molar-refractivity contribution in [1.29, 1.82) is 0 Å². The van der Waals surface area contributed by atoms with Crippen LogP contribution >= 0.6 is 24.0 Å². The standard InChI is InChI=1S/C13H22N4O2S.HI/c1-4-14-13(15-5-2)16-10-11-8-6-7-9-12(11)17-20(3,18)19;/h6-9,17H,4-5,10H2,1-3H3,(H2,14,15,16);1H. The van der Waals surface area contributed by atoms with Gasteiger partial charge < -0.3 is 10.6 Å². The first-order chi connectivity index (χ1) is 9.46. The van der Waals surface area contributed by atoms with Crippen LogP contribution in [0.5, 0.6) is 0 Å². The van der Waals surface area contributed by atoms with Crippen LogP contribution in [0.25, 0.3) is 0 Å². The van der Waals surface area contributed by atoms with Crippen LogP contribution in [0.2, 0.25) is 0 Å². The molecule has 1 aromatic carbocycles. The van der Waals surface area contributed by atoms with Crippen LogP contribution in [-0.2, 0) is 16.6 Å². The molecule has 1 rings (SSSR count). The number of hydrogen-bond acceptors (Lipinski definition) is 3. The molecule has 8 heteroatoms. The first-order valence-electron chi connectivity index (χ1n) is 6.54. The molecule has 0 amide bonds. The molecule has 0 saturated heterocycles. The second kappa shape index (κ2) is 9.82. The van der Waals surface area contributed by atoms with Gasteiger partial charge in [0, 0.05) is 13.1 Å². The van der Waals surface area contributed by atoms with Gasteiger partial charge in [-0.15, -0.1) is 24.0 Å². The Morgan fingerprint density at radius 2 is 1.71 bits per heavy atom. The quantitative estimate of drug-likeness (QED) is 0.368. The molecule has 3 N–H and O–H groups in total. The van der Waals surface area contributed by atoms with Crippen LogP contribution in [0.4, 0.5) is 5.69 Å². The lowest BCUT2D eigenvalue weighted by molar-refractivity contribution is 0.606. The number of benzene rings is 1. The smallest absolute Gasteiger partial charge is 0.229 e. The van der Waals surface area contributed by atoms with Crippen LogP contribution in [0.1, 0.15) is 19.4 Å². The maximum atomic E-state index is 11.3. The van der Waals surface area contributed by atoms with Gasteiger partial charge in [-0.3, -0.25) is 4.72 Å². The highest BCUT2D eigenvalue weighted by Crippen LogP contribution is 2.17. The van der Waals surface area contributed by atoms with Gasteiger partial charge in [-0.2, -0.15) is 0 Å². The zero-order valence-electron chi connectivity index (χ0n) is 12.5. The summed E-state index contributed by atoms with van der Waals surface area (Å²) in [6.45, 7) is 5.93. The van der Waals surface area contributed by atoms with Crippen molar-refractivity contribution in [2.24, 2.45) is 4.99 Å². The van der Waals surface area contributed by atoms with E-state index < -0.39 is 10.0 Å². The fraction of sp³-hybridized carbons (Fsp3) is 0.462. The molecule has 1 aromatic rings. The molecule has 0 radical (unpaired) electrons. The van der Waals surface area contributed by atoms with E-state index >= 15 is 0 Å². The minimum atomic E-state index is -3.29. The lowest BCUT2D eigenvalue weighted by atomic mass is 10.2. The molecule has 0 aliphatic heterocycles. The maximum Gasteiger partial charge on any atom is 0.229 e. The minimum Gasteiger partial charge on any atom is -0.357 e. The Labute approximate surface area is 143 Å². The van der Waals surface area contributed by atoms with Crippen molar-refractivity contribution in [1.82, 2.24) is 10.6 Å². The van der Waals surface area contributed by atoms with Gasteiger partial charge >= 0.3 is 0 Å². The molecule has 6 nitrogen and oxygen atoms in total. The van der Waals surface area contributed by atoms with Crippen molar-refractivity contribution >= 4 is 45.6 Å². The zero-order valence-corrected chi connectivity index (χ0v) is 15.7. The second-order valence-electron chi connectivity index (χ2n) is 4.26. The second-order valence-corrected chi connectivity index (χ2v) is 6.01. The number of guanidine groups is 1. The van der Waals surface area contributed by atoms with E-state index in [0.717, 1.165) is 24.9 Å². The van der Waals surface area contributed by atoms with Crippen molar-refractivity contribution in [2.45, 2.75) is 20.4 Å². The van der Waals surface area contributed by atoms with Gasteiger partial charge in [-0.25, -0.2) is 13.4 Å². The molecular formula is C13H23IN4O2S. The van der Waals surface area contributed by atoms with Gasteiger partial charge in [0.2, 0.25) is 10.0 Å². The van der Waals surface area contributed by atoms with Crippen LogP contribution in [0.3, 0.4) is 0 Å². The highest BCUT2D eigenvalue weighted by Gasteiger charge is 2.06. The molecule has 0 saturated carbocycles. The third-order valence-electron chi connectivity index (χ3n) is 2.41. The van der Waals surface area contributed by atoms with E-state index in [1.54, 1.807) is 12.1 Å². The third kappa shape index (κ3) is 8.10. The molecule has 0 unspecified atom stereocenters. The van der Waals surface area contributed by atoms with E-state index in [1.165, 1.54) is 0 Å². The van der Waals surface area contributed by atoms with Gasteiger partial charge in [0.25, 0.3) is 0 Å². The highest BCUT2D eigenvalue weighted by molar-refractivity contribution is 14.0. The lowest BCUT2D eigenvalue weighted by Gasteiger charge is -2.11. The molecule has 0 bridgehead atoms. The van der Waals surface area contributed by atoms with Crippen LogP contribution in [0.15, 0.2) is 29.3 Å². The Morgan fingerprint density at radius 1 is 1.14 bits per heavy atom. The summed E-state index contributed by atoms with van der Waals surface area (Å²) >= 11 is 0. The third-order valence-corrected chi connectivity index (χ3v) is 3.00. The first-order valence-corrected chi connectivity index (χ1v) is 8.43. The minimum absolute atomic E-state index is 0. The number of anilines is 1. The molecule has 0 aromatic heterocycles. The fourth-order valence-corrected chi connectivity index (χ4v) is 2.23. The fourth-order valence-electron chi connectivity index (χ4n) is 1.63. The summed E-state index contributed by atoms with van der Waals surface area (Å²) in [6.07, 6.45) is 1.13. The number of rotatable bonds is 6. The molecule has 120 valence electrons. The summed E-state index contributed by atoms with van der Waals surface area (Å²) in [5, 5.41) is 6.24. The number of aliphatic imine (C=N–C) groups is 1. The van der Waals surface area contributed by atoms with Crippen molar-refractivity contribution in [2.75, 3.05) is 24.1 Å². The van der Waals surface area contributed by atoms with Gasteiger partial charge in [0.05, 0.1) is 18.5 Å². The predicted octanol–water partition coefficient (Wildman–Crippen LogP) is 1.75. The predicted molar refractivity (Wildman–Crippen MR) is 98.8 cm³/mol. The molecule has 0 fully saturated rings. The lowest BCUT2D eigenvalue weighted by Crippen LogP contribution is -2.37. The van der Waals surface area contributed by atoms with Gasteiger partial charge in [0.15, 0.2) is 5.96 Å². The molecule has 0 spiro atoms. The molecule has 0 heterocycles. The highest BCUT2D eigenvalue weighted by atomic mass is 127. The summed E-state index contributed by atoms with van der Waals surface area (Å²) < 4.78 is 25.1. The van der Waals surface area contributed by atoms with Crippen LogP contribution in [0, 0.1) is 0 Å². The topological polar surface area (TPSA) is 82.6 Å². The number of nitrogens with one attached hydrogen (secondary N) is 3. The van der Waals surface area contributed by atoms with Crippen molar-refractivity contribution in [3.8, 4) is 0 Å². The molecular weight excluding hydrogens is 403 g/mol. The van der Waals surface area contributed by atoms with Gasteiger partial charge in [0.1, 0.15) is 0 Å². The van der Waals surface area contributed by atoms with Gasteiger partial charge in [-0.05, 0) is 25.5 Å². The van der Waals surface area contributed by atoms with Crippen molar-refractivity contribution in [3.63, 3.8) is 0 Å². The summed E-state index contributed by atoms with van der Waals surface area (Å²) in [5.41, 5.74) is 1.39. The summed E-state index contributed by atoms with van der Waals surface area (Å²) in [4.78, 5) is 4.42. The maximum absolute atomic E-state index is 11.3. The zero-order chi connectivity index (χ0) is 15.0. The Kier molecular flexibility index (Phi) is 9.34. The monoisotopic (exact) mass is 426 g/mol. The van der Waals surface area contributed by atoms with Crippen molar-refractivity contribution < 1.29 is 8.42 Å². The number of nitrogens with zero attached hydrogens (tertiary/aromatic N) is 1. The molecule has 21 heavy (non-hydrogen) atoms. The summed E-state index contributed by atoms with van der Waals surface area (Å²) in [6, 6.07) is 7.23. The number of halogens is 1. The van der Waals surface area contributed by atoms with E-state index in [2.05, 4.69) is 20.3 Å². The van der Waals surface area contributed by atoms with Crippen molar-refractivity contribution in [3.05, 3.63) is 29.8 Å². The van der Waals surface area contributed by atoms with E-state index in [4.69, 9.17) is 0 Å². The first kappa shape index (κ1) is 20.0. The number of para-hydroxylation sites is 1. The SMILES string of the molecule is CCNC(=NCc1ccccc1NS(C)(=O)=O)NCC.I. The average molecular weight is 426 g/mol. The molecule has 0 atom stereocenters. The van der Waals surface area contributed by atoms with Crippen LogP contribution < -0.4 is 15.4 Å². The van der Waals surface area contributed by atoms with E-state index in [0.29, 0.717) is 18.2 Å². The Hall–Kier alpha value is -1.03. The normalized spacial score (nSPS) is 10.2. The van der Waals surface area contributed by atoms with Gasteiger partial charge in [-0.1, -0.05) is 18.2 Å². The van der Waals surface area contributed by atoms with Crippen LogP contribution in [-0.4, -0.2) is 33.7 Å². The van der Waals surface area contributed by atoms with E-state index in [-0.39, 0.29) is 24.0 Å². The number of hydrogen-bond donors (Lipinski definition) is 3. The Morgan fingerprint density at radius 3 is 2.24 bits per heavy atom. The molecule has 0 aliphatic carbocycles. The average Bonchev–Trinajstić information content (AvgIpc) is 2.36. The summed E-state index contributed by atoms with van der Waals surface area (Å²) in [5.74, 6) is 0.712. The Balaban J connectivity index is 0.00000400. The largest absolute Gasteiger partial charge is 0.357 e. The Bertz CT molecular complexity index is 553.